The first-order chi connectivity index (χ1) is 10.1. The van der Waals surface area contributed by atoms with E-state index in [-0.39, 0.29) is 16.3 Å². The van der Waals surface area contributed by atoms with Crippen LogP contribution < -0.4 is 10.6 Å². The number of halogens is 1. The summed E-state index contributed by atoms with van der Waals surface area (Å²) in [6.07, 6.45) is 0.933. The fourth-order valence-corrected chi connectivity index (χ4v) is 2.18. The zero-order chi connectivity index (χ0) is 15.2. The van der Waals surface area contributed by atoms with Gasteiger partial charge in [-0.3, -0.25) is 4.79 Å². The third-order valence-corrected chi connectivity index (χ3v) is 3.38. The minimum atomic E-state index is -0.536. The molecule has 0 radical (unpaired) electrons. The maximum atomic E-state index is 13.0. The van der Waals surface area contributed by atoms with Crippen LogP contribution in [-0.4, -0.2) is 22.6 Å². The largest absolute Gasteiger partial charge is 0.360 e. The van der Waals surface area contributed by atoms with E-state index in [0.717, 1.165) is 30.4 Å². The van der Waals surface area contributed by atoms with Crippen molar-refractivity contribution in [1.29, 1.82) is 5.26 Å². The zero-order valence-corrected chi connectivity index (χ0v) is 12.0. The van der Waals surface area contributed by atoms with E-state index in [1.807, 2.05) is 13.0 Å². The van der Waals surface area contributed by atoms with E-state index >= 15 is 0 Å². The number of hydrogen-bond donors (Lipinski definition) is 2. The fourth-order valence-electron chi connectivity index (χ4n) is 1.51. The van der Waals surface area contributed by atoms with Crippen molar-refractivity contribution >= 4 is 28.1 Å². The molecule has 0 saturated carbocycles. The second kappa shape index (κ2) is 6.76. The SMILES string of the molecule is CCCNc1nnc(C(=O)Nc2ccc(F)cc2C#N)s1. The van der Waals surface area contributed by atoms with Gasteiger partial charge in [0, 0.05) is 6.54 Å². The minimum Gasteiger partial charge on any atom is -0.360 e. The summed E-state index contributed by atoms with van der Waals surface area (Å²) < 4.78 is 13.0. The summed E-state index contributed by atoms with van der Waals surface area (Å²) in [5, 5.41) is 22.8. The lowest BCUT2D eigenvalue weighted by atomic mass is 10.2. The third kappa shape index (κ3) is 3.73. The van der Waals surface area contributed by atoms with Gasteiger partial charge < -0.3 is 10.6 Å². The topological polar surface area (TPSA) is 90.7 Å². The molecule has 1 amide bonds. The average Bonchev–Trinajstić information content (AvgIpc) is 2.95. The van der Waals surface area contributed by atoms with Crippen LogP contribution in [0.25, 0.3) is 0 Å². The Bertz CT molecular complexity index is 694. The predicted octanol–water partition coefficient (Wildman–Crippen LogP) is 2.62. The van der Waals surface area contributed by atoms with Gasteiger partial charge in [-0.25, -0.2) is 4.39 Å². The fraction of sp³-hybridized carbons (Fsp3) is 0.231. The summed E-state index contributed by atoms with van der Waals surface area (Å²) in [5.74, 6) is -1.02. The number of anilines is 2. The van der Waals surface area contributed by atoms with E-state index in [1.165, 1.54) is 12.1 Å². The first-order valence-electron chi connectivity index (χ1n) is 6.22. The summed E-state index contributed by atoms with van der Waals surface area (Å²) in [7, 11) is 0. The maximum Gasteiger partial charge on any atom is 0.286 e. The minimum absolute atomic E-state index is 0.0530. The van der Waals surface area contributed by atoms with Gasteiger partial charge >= 0.3 is 0 Å². The number of hydrogen-bond acceptors (Lipinski definition) is 6. The lowest BCUT2D eigenvalue weighted by Gasteiger charge is -2.04. The molecule has 8 heteroatoms. The summed E-state index contributed by atoms with van der Waals surface area (Å²) in [6.45, 7) is 2.76. The second-order valence-electron chi connectivity index (χ2n) is 4.09. The molecule has 2 rings (SSSR count). The molecule has 2 N–H and O–H groups in total. The molecule has 0 bridgehead atoms. The van der Waals surface area contributed by atoms with E-state index < -0.39 is 11.7 Å². The van der Waals surface area contributed by atoms with Crippen molar-refractivity contribution in [2.24, 2.45) is 0 Å². The Morgan fingerprint density at radius 2 is 2.29 bits per heavy atom. The Kier molecular flexibility index (Phi) is 4.79. The van der Waals surface area contributed by atoms with Crippen LogP contribution in [0, 0.1) is 17.1 Å². The predicted molar refractivity (Wildman–Crippen MR) is 77.8 cm³/mol. The normalized spacial score (nSPS) is 9.95. The van der Waals surface area contributed by atoms with E-state index in [2.05, 4.69) is 20.8 Å². The monoisotopic (exact) mass is 305 g/mol. The average molecular weight is 305 g/mol. The Hall–Kier alpha value is -2.53. The lowest BCUT2D eigenvalue weighted by Crippen LogP contribution is -2.12. The molecule has 0 aliphatic carbocycles. The zero-order valence-electron chi connectivity index (χ0n) is 11.2. The number of aromatic nitrogens is 2. The number of nitrogens with zero attached hydrogens (tertiary/aromatic N) is 3. The van der Waals surface area contributed by atoms with Crippen LogP contribution >= 0.6 is 11.3 Å². The molecule has 6 nitrogen and oxygen atoms in total. The van der Waals surface area contributed by atoms with Gasteiger partial charge in [0.15, 0.2) is 0 Å². The summed E-state index contributed by atoms with van der Waals surface area (Å²) in [4.78, 5) is 12.0. The van der Waals surface area contributed by atoms with Crippen LogP contribution in [0.4, 0.5) is 15.2 Å². The highest BCUT2D eigenvalue weighted by molar-refractivity contribution is 7.17. The number of carbonyl (C=O) groups is 1. The van der Waals surface area contributed by atoms with Gasteiger partial charge in [-0.05, 0) is 24.6 Å². The van der Waals surface area contributed by atoms with Crippen molar-refractivity contribution < 1.29 is 9.18 Å². The molecule has 0 spiro atoms. The highest BCUT2D eigenvalue weighted by atomic mass is 32.1. The number of benzene rings is 1. The molecule has 0 unspecified atom stereocenters. The van der Waals surface area contributed by atoms with Gasteiger partial charge in [0.1, 0.15) is 11.9 Å². The Morgan fingerprint density at radius 1 is 1.48 bits per heavy atom. The molecular formula is C13H12FN5OS. The van der Waals surface area contributed by atoms with Gasteiger partial charge in [-0.1, -0.05) is 18.3 Å². The van der Waals surface area contributed by atoms with Crippen molar-refractivity contribution in [3.05, 3.63) is 34.6 Å². The van der Waals surface area contributed by atoms with Gasteiger partial charge in [0.05, 0.1) is 11.3 Å². The molecular weight excluding hydrogens is 293 g/mol. The van der Waals surface area contributed by atoms with Crippen LogP contribution in [0.3, 0.4) is 0 Å². The van der Waals surface area contributed by atoms with Gasteiger partial charge in [-0.2, -0.15) is 5.26 Å². The van der Waals surface area contributed by atoms with Crippen LogP contribution in [0.2, 0.25) is 0 Å². The van der Waals surface area contributed by atoms with Gasteiger partial charge in [-0.15, -0.1) is 10.2 Å². The summed E-state index contributed by atoms with van der Waals surface area (Å²) >= 11 is 1.11. The van der Waals surface area contributed by atoms with E-state index in [1.54, 1.807) is 0 Å². The van der Waals surface area contributed by atoms with Crippen molar-refractivity contribution in [2.45, 2.75) is 13.3 Å². The lowest BCUT2D eigenvalue weighted by molar-refractivity contribution is 0.102. The molecule has 1 aromatic heterocycles. The molecule has 0 aliphatic heterocycles. The highest BCUT2D eigenvalue weighted by Crippen LogP contribution is 2.19. The Balaban J connectivity index is 2.11. The third-order valence-electron chi connectivity index (χ3n) is 2.50. The molecule has 21 heavy (non-hydrogen) atoms. The molecule has 0 aliphatic rings. The number of carbonyl (C=O) groups excluding carboxylic acids is 1. The van der Waals surface area contributed by atoms with Crippen LogP contribution in [0.5, 0.6) is 0 Å². The number of rotatable bonds is 5. The first-order valence-corrected chi connectivity index (χ1v) is 7.04. The van der Waals surface area contributed by atoms with Crippen molar-refractivity contribution in [2.75, 3.05) is 17.2 Å². The Morgan fingerprint density at radius 3 is 3.00 bits per heavy atom. The molecule has 1 aromatic carbocycles. The van der Waals surface area contributed by atoms with Crippen molar-refractivity contribution in [3.63, 3.8) is 0 Å². The maximum absolute atomic E-state index is 13.0. The number of nitriles is 1. The first kappa shape index (κ1) is 14.9. The van der Waals surface area contributed by atoms with E-state index in [9.17, 15) is 9.18 Å². The van der Waals surface area contributed by atoms with Crippen LogP contribution in [0.1, 0.15) is 28.7 Å². The van der Waals surface area contributed by atoms with E-state index in [0.29, 0.717) is 5.13 Å². The molecule has 0 fully saturated rings. The quantitative estimate of drug-likeness (QED) is 0.886. The molecule has 0 saturated heterocycles. The van der Waals surface area contributed by atoms with Crippen molar-refractivity contribution in [1.82, 2.24) is 10.2 Å². The molecule has 0 atom stereocenters. The summed E-state index contributed by atoms with van der Waals surface area (Å²) in [5.41, 5.74) is 0.291. The van der Waals surface area contributed by atoms with Gasteiger partial charge in [0.2, 0.25) is 10.1 Å². The summed E-state index contributed by atoms with van der Waals surface area (Å²) in [6, 6.07) is 5.39. The smallest absolute Gasteiger partial charge is 0.286 e. The second-order valence-corrected chi connectivity index (χ2v) is 5.07. The number of nitrogens with one attached hydrogen (secondary N) is 2. The highest BCUT2D eigenvalue weighted by Gasteiger charge is 2.14. The van der Waals surface area contributed by atoms with E-state index in [4.69, 9.17) is 5.26 Å². The van der Waals surface area contributed by atoms with Crippen molar-refractivity contribution in [3.8, 4) is 6.07 Å². The number of amides is 1. The molecule has 2 aromatic rings. The standard InChI is InChI=1S/C13H12FN5OS/c1-2-5-16-13-19-18-12(21-13)11(20)17-10-4-3-9(14)6-8(10)7-15/h3-4,6H,2,5H2,1H3,(H,16,19)(H,17,20). The Labute approximate surface area is 124 Å². The van der Waals surface area contributed by atoms with Crippen LogP contribution in [0.15, 0.2) is 18.2 Å². The molecule has 108 valence electrons. The van der Waals surface area contributed by atoms with Crippen LogP contribution in [-0.2, 0) is 0 Å². The molecule has 1 heterocycles. The van der Waals surface area contributed by atoms with Gasteiger partial charge in [0.25, 0.3) is 5.91 Å².